The third-order valence-corrected chi connectivity index (χ3v) is 2.72. The first kappa shape index (κ1) is 14.4. The van der Waals surface area contributed by atoms with Gasteiger partial charge in [0.15, 0.2) is 11.6 Å². The van der Waals surface area contributed by atoms with Gasteiger partial charge in [-0.3, -0.25) is 4.79 Å². The van der Waals surface area contributed by atoms with Gasteiger partial charge in [-0.15, -0.1) is 0 Å². The number of carbonyl (C=O) groups excluding carboxylic acids is 1. The van der Waals surface area contributed by atoms with Crippen molar-refractivity contribution in [3.63, 3.8) is 0 Å². The molecule has 18 heavy (non-hydrogen) atoms. The Morgan fingerprint density at radius 3 is 2.78 bits per heavy atom. The summed E-state index contributed by atoms with van der Waals surface area (Å²) in [6, 6.07) is 4.75. The van der Waals surface area contributed by atoms with Gasteiger partial charge in [-0.1, -0.05) is 6.07 Å². The minimum absolute atomic E-state index is 0.0199. The average molecular weight is 254 g/mol. The van der Waals surface area contributed by atoms with E-state index < -0.39 is 5.82 Å². The molecule has 1 N–H and O–H groups in total. The molecule has 0 aromatic heterocycles. The Labute approximate surface area is 107 Å². The van der Waals surface area contributed by atoms with Crippen molar-refractivity contribution in [2.45, 2.75) is 13.5 Å². The van der Waals surface area contributed by atoms with Gasteiger partial charge in [-0.05, 0) is 24.6 Å². The van der Waals surface area contributed by atoms with Crippen LogP contribution in [0.5, 0.6) is 5.75 Å². The summed E-state index contributed by atoms with van der Waals surface area (Å²) < 4.78 is 18.2. The Morgan fingerprint density at radius 2 is 2.22 bits per heavy atom. The van der Waals surface area contributed by atoms with Crippen LogP contribution in [-0.4, -0.2) is 38.1 Å². The van der Waals surface area contributed by atoms with Gasteiger partial charge in [-0.2, -0.15) is 0 Å². The number of likely N-dealkylation sites (N-methyl/N-ethyl adjacent to an activating group) is 1. The van der Waals surface area contributed by atoms with E-state index in [0.29, 0.717) is 13.1 Å². The molecule has 1 amide bonds. The molecule has 0 saturated heterocycles. The van der Waals surface area contributed by atoms with Crippen LogP contribution < -0.4 is 10.1 Å². The van der Waals surface area contributed by atoms with Crippen LogP contribution in [0.2, 0.25) is 0 Å². The van der Waals surface area contributed by atoms with E-state index in [9.17, 15) is 9.18 Å². The predicted molar refractivity (Wildman–Crippen MR) is 68.0 cm³/mol. The number of hydrogen-bond donors (Lipinski definition) is 1. The smallest absolute Gasteiger partial charge is 0.236 e. The van der Waals surface area contributed by atoms with Gasteiger partial charge >= 0.3 is 0 Å². The maximum atomic E-state index is 13.4. The number of rotatable bonds is 6. The fourth-order valence-corrected chi connectivity index (χ4v) is 1.44. The Kier molecular flexibility index (Phi) is 5.58. The lowest BCUT2D eigenvalue weighted by Crippen LogP contribution is -2.35. The van der Waals surface area contributed by atoms with Crippen molar-refractivity contribution in [2.24, 2.45) is 0 Å². The Bertz CT molecular complexity index is 410. The molecule has 5 heteroatoms. The molecule has 0 saturated carbocycles. The SMILES string of the molecule is CCN(C)C(=O)CNCc1ccc(OC)c(F)c1. The van der Waals surface area contributed by atoms with Crippen LogP contribution in [0.3, 0.4) is 0 Å². The average Bonchev–Trinajstić information content (AvgIpc) is 2.37. The van der Waals surface area contributed by atoms with E-state index in [4.69, 9.17) is 4.74 Å². The largest absolute Gasteiger partial charge is 0.494 e. The molecule has 0 aliphatic rings. The highest BCUT2D eigenvalue weighted by molar-refractivity contribution is 5.77. The van der Waals surface area contributed by atoms with E-state index in [2.05, 4.69) is 5.32 Å². The van der Waals surface area contributed by atoms with Gasteiger partial charge in [0.2, 0.25) is 5.91 Å². The van der Waals surface area contributed by atoms with Gasteiger partial charge in [0.05, 0.1) is 13.7 Å². The third-order valence-electron chi connectivity index (χ3n) is 2.72. The van der Waals surface area contributed by atoms with Crippen molar-refractivity contribution in [3.8, 4) is 5.75 Å². The number of methoxy groups -OCH3 is 1. The fourth-order valence-electron chi connectivity index (χ4n) is 1.44. The van der Waals surface area contributed by atoms with Crippen molar-refractivity contribution in [1.29, 1.82) is 0 Å². The van der Waals surface area contributed by atoms with Crippen LogP contribution in [0.25, 0.3) is 0 Å². The molecule has 0 unspecified atom stereocenters. The molecule has 0 aliphatic heterocycles. The molecule has 1 aromatic rings. The maximum Gasteiger partial charge on any atom is 0.236 e. The van der Waals surface area contributed by atoms with Crippen LogP contribution in [0, 0.1) is 5.82 Å². The molecule has 0 radical (unpaired) electrons. The topological polar surface area (TPSA) is 41.6 Å². The second-order valence-corrected chi connectivity index (χ2v) is 3.98. The summed E-state index contributed by atoms with van der Waals surface area (Å²) in [4.78, 5) is 13.1. The summed E-state index contributed by atoms with van der Waals surface area (Å²) in [5, 5.41) is 2.98. The predicted octanol–water partition coefficient (Wildman–Crippen LogP) is 1.40. The number of nitrogens with one attached hydrogen (secondary N) is 1. The third kappa shape index (κ3) is 4.00. The van der Waals surface area contributed by atoms with Crippen LogP contribution in [0.4, 0.5) is 4.39 Å². The molecule has 4 nitrogen and oxygen atoms in total. The van der Waals surface area contributed by atoms with Crippen molar-refractivity contribution >= 4 is 5.91 Å². The number of amides is 1. The van der Waals surface area contributed by atoms with Gasteiger partial charge in [0.25, 0.3) is 0 Å². The van der Waals surface area contributed by atoms with Crippen LogP contribution in [-0.2, 0) is 11.3 Å². The number of hydrogen-bond acceptors (Lipinski definition) is 3. The van der Waals surface area contributed by atoms with E-state index >= 15 is 0 Å². The van der Waals surface area contributed by atoms with Crippen molar-refractivity contribution < 1.29 is 13.9 Å². The zero-order chi connectivity index (χ0) is 13.5. The summed E-state index contributed by atoms with van der Waals surface area (Å²) in [5.41, 5.74) is 0.778. The van der Waals surface area contributed by atoms with E-state index in [-0.39, 0.29) is 18.2 Å². The monoisotopic (exact) mass is 254 g/mol. The standard InChI is InChI=1S/C13H19FN2O2/c1-4-16(2)13(17)9-15-8-10-5-6-12(18-3)11(14)7-10/h5-7,15H,4,8-9H2,1-3H3. The molecular formula is C13H19FN2O2. The first-order chi connectivity index (χ1) is 8.58. The lowest BCUT2D eigenvalue weighted by Gasteiger charge is -2.14. The van der Waals surface area contributed by atoms with Crippen LogP contribution in [0.15, 0.2) is 18.2 Å². The Hall–Kier alpha value is -1.62. The number of benzene rings is 1. The highest BCUT2D eigenvalue weighted by Crippen LogP contribution is 2.17. The van der Waals surface area contributed by atoms with Gasteiger partial charge < -0.3 is 15.0 Å². The van der Waals surface area contributed by atoms with Crippen molar-refractivity contribution in [1.82, 2.24) is 10.2 Å². The van der Waals surface area contributed by atoms with Gasteiger partial charge in [0.1, 0.15) is 0 Å². The fraction of sp³-hybridized carbons (Fsp3) is 0.462. The van der Waals surface area contributed by atoms with E-state index in [0.717, 1.165) is 5.56 Å². The first-order valence-electron chi connectivity index (χ1n) is 5.85. The van der Waals surface area contributed by atoms with Crippen LogP contribution >= 0.6 is 0 Å². The minimum Gasteiger partial charge on any atom is -0.494 e. The molecule has 0 aliphatic carbocycles. The zero-order valence-corrected chi connectivity index (χ0v) is 11.0. The molecule has 0 atom stereocenters. The molecule has 100 valence electrons. The summed E-state index contributed by atoms with van der Waals surface area (Å²) in [6.45, 7) is 3.29. The zero-order valence-electron chi connectivity index (χ0n) is 11.0. The van der Waals surface area contributed by atoms with E-state index in [1.54, 1.807) is 24.1 Å². The molecule has 0 spiro atoms. The Balaban J connectivity index is 2.45. The summed E-state index contributed by atoms with van der Waals surface area (Å²) in [6.07, 6.45) is 0. The molecule has 0 heterocycles. The van der Waals surface area contributed by atoms with E-state index in [1.807, 2.05) is 6.92 Å². The first-order valence-corrected chi connectivity index (χ1v) is 5.85. The molecule has 0 fully saturated rings. The number of halogens is 1. The number of nitrogens with zero attached hydrogens (tertiary/aromatic N) is 1. The second kappa shape index (κ2) is 6.96. The summed E-state index contributed by atoms with van der Waals surface area (Å²) in [7, 11) is 3.17. The number of ether oxygens (including phenoxy) is 1. The second-order valence-electron chi connectivity index (χ2n) is 3.98. The lowest BCUT2D eigenvalue weighted by molar-refractivity contribution is -0.128. The summed E-state index contributed by atoms with van der Waals surface area (Å²) in [5.74, 6) is -0.152. The molecule has 1 rings (SSSR count). The summed E-state index contributed by atoms with van der Waals surface area (Å²) >= 11 is 0. The quantitative estimate of drug-likeness (QED) is 0.834. The van der Waals surface area contributed by atoms with Crippen molar-refractivity contribution in [3.05, 3.63) is 29.6 Å². The van der Waals surface area contributed by atoms with E-state index in [1.165, 1.54) is 13.2 Å². The molecule has 1 aromatic carbocycles. The lowest BCUT2D eigenvalue weighted by atomic mass is 10.2. The minimum atomic E-state index is -0.395. The maximum absolute atomic E-state index is 13.4. The normalized spacial score (nSPS) is 10.2. The molecule has 0 bridgehead atoms. The van der Waals surface area contributed by atoms with Crippen LogP contribution in [0.1, 0.15) is 12.5 Å². The van der Waals surface area contributed by atoms with Gasteiger partial charge in [0, 0.05) is 20.1 Å². The highest BCUT2D eigenvalue weighted by Gasteiger charge is 2.06. The van der Waals surface area contributed by atoms with Crippen molar-refractivity contribution in [2.75, 3.05) is 27.2 Å². The molecular weight excluding hydrogens is 235 g/mol. The van der Waals surface area contributed by atoms with Gasteiger partial charge in [-0.25, -0.2) is 4.39 Å². The Morgan fingerprint density at radius 1 is 1.50 bits per heavy atom. The highest BCUT2D eigenvalue weighted by atomic mass is 19.1. The number of carbonyl (C=O) groups is 1.